The van der Waals surface area contributed by atoms with E-state index in [0.29, 0.717) is 11.3 Å². The average molecular weight is 159 g/mol. The average Bonchev–Trinajstić information content (AvgIpc) is 2.04. The second-order valence-corrected chi connectivity index (χ2v) is 2.26. The molecule has 0 aliphatic carbocycles. The molecule has 0 saturated carbocycles. The van der Waals surface area contributed by atoms with Crippen LogP contribution in [0.1, 0.15) is 12.5 Å². The fraction of sp³-hybridized carbons (Fsp3) is 0.111. The Morgan fingerprint density at radius 3 is 3.08 bits per heavy atom. The van der Waals surface area contributed by atoms with E-state index < -0.39 is 0 Å². The zero-order chi connectivity index (χ0) is 8.97. The lowest BCUT2D eigenvalue weighted by Crippen LogP contribution is -2.06. The number of hydrogen-bond donors (Lipinski definition) is 1. The fourth-order valence-electron chi connectivity index (χ4n) is 0.821. The zero-order valence-electron chi connectivity index (χ0n) is 6.59. The molecule has 59 valence electrons. The highest BCUT2D eigenvalue weighted by molar-refractivity contribution is 5.90. The molecule has 1 N–H and O–H groups in total. The molecule has 0 atom stereocenters. The van der Waals surface area contributed by atoms with Gasteiger partial charge in [0.2, 0.25) is 5.91 Å². The van der Waals surface area contributed by atoms with Crippen LogP contribution in [0.4, 0.5) is 5.69 Å². The van der Waals surface area contributed by atoms with E-state index in [4.69, 9.17) is 5.26 Å². The highest BCUT2D eigenvalue weighted by Gasteiger charge is 2.00. The summed E-state index contributed by atoms with van der Waals surface area (Å²) in [6.07, 6.45) is 0. The minimum absolute atomic E-state index is 0.189. The highest BCUT2D eigenvalue weighted by atomic mass is 16.1. The van der Waals surface area contributed by atoms with Crippen molar-refractivity contribution < 1.29 is 4.79 Å². The van der Waals surface area contributed by atoms with Crippen molar-refractivity contribution >= 4 is 11.6 Å². The van der Waals surface area contributed by atoms with Gasteiger partial charge in [-0.25, -0.2) is 0 Å². The van der Waals surface area contributed by atoms with Crippen LogP contribution < -0.4 is 5.32 Å². The molecule has 0 aliphatic rings. The lowest BCUT2D eigenvalue weighted by atomic mass is 10.2. The molecule has 3 nitrogen and oxygen atoms in total. The van der Waals surface area contributed by atoms with Gasteiger partial charge in [0.05, 0.1) is 11.3 Å². The van der Waals surface area contributed by atoms with Crippen LogP contribution >= 0.6 is 0 Å². The summed E-state index contributed by atoms with van der Waals surface area (Å²) in [6, 6.07) is 9.54. The first-order chi connectivity index (χ1) is 5.74. The van der Waals surface area contributed by atoms with Crippen molar-refractivity contribution in [3.8, 4) is 6.07 Å². The number of nitriles is 1. The first-order valence-corrected chi connectivity index (χ1v) is 3.42. The van der Waals surface area contributed by atoms with Gasteiger partial charge in [-0.3, -0.25) is 4.79 Å². The first-order valence-electron chi connectivity index (χ1n) is 3.42. The van der Waals surface area contributed by atoms with Crippen molar-refractivity contribution in [3.63, 3.8) is 0 Å². The second-order valence-electron chi connectivity index (χ2n) is 2.26. The topological polar surface area (TPSA) is 52.9 Å². The Balaban J connectivity index is 2.99. The molecule has 1 amide bonds. The molecule has 0 unspecified atom stereocenters. The number of rotatable bonds is 1. The van der Waals surface area contributed by atoms with Gasteiger partial charge in [0, 0.05) is 6.92 Å². The third-order valence-corrected chi connectivity index (χ3v) is 1.30. The van der Waals surface area contributed by atoms with Gasteiger partial charge >= 0.3 is 0 Å². The normalized spacial score (nSPS) is 8.67. The van der Waals surface area contributed by atoms with Gasteiger partial charge in [0.25, 0.3) is 0 Å². The summed E-state index contributed by atoms with van der Waals surface area (Å²) < 4.78 is 0. The largest absolute Gasteiger partial charge is 0.325 e. The smallest absolute Gasteiger partial charge is 0.221 e. The van der Waals surface area contributed by atoms with E-state index in [0.717, 1.165) is 0 Å². The van der Waals surface area contributed by atoms with E-state index in [9.17, 15) is 4.79 Å². The van der Waals surface area contributed by atoms with Gasteiger partial charge in [-0.15, -0.1) is 0 Å². The minimum Gasteiger partial charge on any atom is -0.325 e. The van der Waals surface area contributed by atoms with Crippen molar-refractivity contribution in [2.75, 3.05) is 5.32 Å². The van der Waals surface area contributed by atoms with Crippen LogP contribution in [0.3, 0.4) is 0 Å². The Bertz CT molecular complexity index is 339. The van der Waals surface area contributed by atoms with Crippen molar-refractivity contribution in [1.29, 1.82) is 5.26 Å². The molecule has 0 heterocycles. The molecule has 1 radical (unpaired) electrons. The van der Waals surface area contributed by atoms with Gasteiger partial charge < -0.3 is 5.32 Å². The van der Waals surface area contributed by atoms with Crippen LogP contribution in [0.25, 0.3) is 0 Å². The third-order valence-electron chi connectivity index (χ3n) is 1.30. The van der Waals surface area contributed by atoms with Gasteiger partial charge in [0.15, 0.2) is 0 Å². The minimum atomic E-state index is -0.189. The van der Waals surface area contributed by atoms with Crippen LogP contribution in [0, 0.1) is 17.4 Å². The second kappa shape index (κ2) is 3.54. The standard InChI is InChI=1S/C9H7N2O/c1-7(12)11-9-5-3-2-4-8(9)6-10/h2,4-5H,1H3,(H,11,12). The molecule has 1 aromatic rings. The first kappa shape index (κ1) is 8.28. The number of nitrogens with one attached hydrogen (secondary N) is 1. The summed E-state index contributed by atoms with van der Waals surface area (Å²) in [5, 5.41) is 11.1. The maximum atomic E-state index is 10.6. The fourth-order valence-corrected chi connectivity index (χ4v) is 0.821. The molecule has 1 rings (SSSR count). The van der Waals surface area contributed by atoms with Crippen LogP contribution in [0.2, 0.25) is 0 Å². The monoisotopic (exact) mass is 159 g/mol. The molecule has 0 bridgehead atoms. The predicted octanol–water partition coefficient (Wildman–Crippen LogP) is 1.32. The number of nitrogens with zero attached hydrogens (tertiary/aromatic N) is 1. The third kappa shape index (κ3) is 1.83. The van der Waals surface area contributed by atoms with Gasteiger partial charge in [-0.05, 0) is 18.2 Å². The maximum absolute atomic E-state index is 10.6. The summed E-state index contributed by atoms with van der Waals surface area (Å²) in [6.45, 7) is 1.40. The molecular formula is C9H7N2O. The molecule has 0 aromatic heterocycles. The Labute approximate surface area is 70.6 Å². The van der Waals surface area contributed by atoms with Crippen LogP contribution in [-0.2, 0) is 4.79 Å². The number of carbonyl (C=O) groups is 1. The molecule has 12 heavy (non-hydrogen) atoms. The summed E-state index contributed by atoms with van der Waals surface area (Å²) in [5.74, 6) is -0.189. The number of hydrogen-bond acceptors (Lipinski definition) is 2. The van der Waals surface area contributed by atoms with Gasteiger partial charge in [-0.1, -0.05) is 6.07 Å². The zero-order valence-corrected chi connectivity index (χ0v) is 6.59. The molecule has 3 heteroatoms. The van der Waals surface area contributed by atoms with E-state index in [2.05, 4.69) is 11.4 Å². The Kier molecular flexibility index (Phi) is 2.44. The highest BCUT2D eigenvalue weighted by Crippen LogP contribution is 2.12. The van der Waals surface area contributed by atoms with Crippen molar-refractivity contribution in [2.45, 2.75) is 6.92 Å². The van der Waals surface area contributed by atoms with Crippen molar-refractivity contribution in [1.82, 2.24) is 0 Å². The van der Waals surface area contributed by atoms with E-state index in [-0.39, 0.29) is 5.91 Å². The number of amides is 1. The molecular weight excluding hydrogens is 152 g/mol. The molecule has 0 aliphatic heterocycles. The predicted molar refractivity (Wildman–Crippen MR) is 44.3 cm³/mol. The SMILES string of the molecule is CC(=O)Nc1c[c]ccc1C#N. The van der Waals surface area contributed by atoms with Crippen LogP contribution in [-0.4, -0.2) is 5.91 Å². The van der Waals surface area contributed by atoms with E-state index in [1.54, 1.807) is 18.2 Å². The summed E-state index contributed by atoms with van der Waals surface area (Å²) >= 11 is 0. The maximum Gasteiger partial charge on any atom is 0.221 e. The number of carbonyl (C=O) groups excluding carboxylic acids is 1. The Morgan fingerprint density at radius 2 is 2.50 bits per heavy atom. The molecule has 0 saturated heterocycles. The lowest BCUT2D eigenvalue weighted by molar-refractivity contribution is -0.114. The lowest BCUT2D eigenvalue weighted by Gasteiger charge is -2.01. The van der Waals surface area contributed by atoms with Crippen molar-refractivity contribution in [2.24, 2.45) is 0 Å². The summed E-state index contributed by atoms with van der Waals surface area (Å²) in [5.41, 5.74) is 0.955. The van der Waals surface area contributed by atoms with Gasteiger partial charge in [0.1, 0.15) is 6.07 Å². The van der Waals surface area contributed by atoms with Gasteiger partial charge in [-0.2, -0.15) is 5.26 Å². The number of anilines is 1. The quantitative estimate of drug-likeness (QED) is 0.671. The van der Waals surface area contributed by atoms with E-state index >= 15 is 0 Å². The van der Waals surface area contributed by atoms with E-state index in [1.807, 2.05) is 6.07 Å². The van der Waals surface area contributed by atoms with Crippen molar-refractivity contribution in [3.05, 3.63) is 29.8 Å². The van der Waals surface area contributed by atoms with Crippen LogP contribution in [0.15, 0.2) is 18.2 Å². The Morgan fingerprint density at radius 1 is 1.75 bits per heavy atom. The Hall–Kier alpha value is -1.82. The number of benzene rings is 1. The molecule has 0 spiro atoms. The summed E-state index contributed by atoms with van der Waals surface area (Å²) in [7, 11) is 0. The summed E-state index contributed by atoms with van der Waals surface area (Å²) in [4.78, 5) is 10.6. The van der Waals surface area contributed by atoms with E-state index in [1.165, 1.54) is 6.92 Å². The molecule has 0 fully saturated rings. The molecule has 1 aromatic carbocycles. The van der Waals surface area contributed by atoms with Crippen LogP contribution in [0.5, 0.6) is 0 Å².